The van der Waals surface area contributed by atoms with E-state index in [1.807, 2.05) is 24.1 Å². The molecule has 1 aliphatic heterocycles. The van der Waals surface area contributed by atoms with Gasteiger partial charge in [0, 0.05) is 35.7 Å². The van der Waals surface area contributed by atoms with Gasteiger partial charge in [-0.05, 0) is 0 Å². The van der Waals surface area contributed by atoms with E-state index in [1.165, 1.54) is 0 Å². The van der Waals surface area contributed by atoms with Crippen molar-refractivity contribution >= 4 is 22.3 Å². The standard InChI is InChI=1S/C14H17N7OS/c1-20-8-9(5-17-20)10-6-18-21-13(15)4-11(19-14(10)21)12-7-16-2-3-23(12)22/h4-6,8,12,16H,2-3,7H2,1H3,(H2,15,18,19)/p+1. The topological polar surface area (TPSA) is 105 Å². The third-order valence-corrected chi connectivity index (χ3v) is 5.69. The predicted molar refractivity (Wildman–Crippen MR) is 87.0 cm³/mol. The number of fused-ring (bicyclic) bond motifs is 1. The highest BCUT2D eigenvalue weighted by Crippen LogP contribution is 2.27. The molecular weight excluding hydrogens is 314 g/mol. The fourth-order valence-electron chi connectivity index (χ4n) is 2.86. The number of aromatic nitrogens is 5. The molecule has 3 aromatic heterocycles. The number of aromatic amines is 1. The van der Waals surface area contributed by atoms with Gasteiger partial charge >= 0.3 is 0 Å². The molecule has 0 aliphatic carbocycles. The molecule has 3 aromatic rings. The molecule has 2 atom stereocenters. The van der Waals surface area contributed by atoms with Crippen LogP contribution in [0.25, 0.3) is 16.8 Å². The van der Waals surface area contributed by atoms with Crippen LogP contribution in [-0.2, 0) is 17.8 Å². The summed E-state index contributed by atoms with van der Waals surface area (Å²) in [6.07, 6.45) is 5.60. The fourth-order valence-corrected chi connectivity index (χ4v) is 4.18. The zero-order valence-corrected chi connectivity index (χ0v) is 13.5. The molecule has 0 saturated carbocycles. The molecule has 9 heteroatoms. The highest BCUT2D eigenvalue weighted by atomic mass is 32.2. The first-order valence-corrected chi connectivity index (χ1v) is 8.78. The van der Waals surface area contributed by atoms with E-state index in [0.29, 0.717) is 23.8 Å². The number of rotatable bonds is 2. The zero-order chi connectivity index (χ0) is 16.0. The van der Waals surface area contributed by atoms with Crippen molar-refractivity contribution in [3.05, 3.63) is 30.4 Å². The summed E-state index contributed by atoms with van der Waals surface area (Å²) in [4.78, 5) is 4.72. The van der Waals surface area contributed by atoms with E-state index in [-0.39, 0.29) is 5.25 Å². The molecule has 4 heterocycles. The van der Waals surface area contributed by atoms with Gasteiger partial charge in [0.05, 0.1) is 34.5 Å². The molecule has 1 saturated heterocycles. The highest BCUT2D eigenvalue weighted by Gasteiger charge is 2.25. The summed E-state index contributed by atoms with van der Waals surface area (Å²) in [5.41, 5.74) is 9.44. The lowest BCUT2D eigenvalue weighted by Crippen LogP contribution is -2.35. The van der Waals surface area contributed by atoms with E-state index >= 15 is 0 Å². The number of anilines is 1. The van der Waals surface area contributed by atoms with E-state index < -0.39 is 10.8 Å². The molecule has 1 aliphatic rings. The average Bonchev–Trinajstić information content (AvgIpc) is 3.14. The molecule has 4 rings (SSSR count). The maximum atomic E-state index is 12.3. The molecule has 120 valence electrons. The minimum atomic E-state index is -0.935. The maximum absolute atomic E-state index is 12.3. The van der Waals surface area contributed by atoms with E-state index in [4.69, 9.17) is 10.7 Å². The molecular formula is C14H18N7OS+. The second-order valence-electron chi connectivity index (χ2n) is 5.65. The van der Waals surface area contributed by atoms with Crippen molar-refractivity contribution < 1.29 is 8.89 Å². The minimum absolute atomic E-state index is 0.138. The number of nitrogen functional groups attached to an aromatic ring is 1. The van der Waals surface area contributed by atoms with Crippen LogP contribution in [0.4, 0.5) is 5.82 Å². The largest absolute Gasteiger partial charge is 0.384 e. The van der Waals surface area contributed by atoms with Crippen LogP contribution in [0.15, 0.2) is 24.7 Å². The van der Waals surface area contributed by atoms with Gasteiger partial charge in [-0.1, -0.05) is 0 Å². The summed E-state index contributed by atoms with van der Waals surface area (Å²) >= 11 is 0. The van der Waals surface area contributed by atoms with E-state index in [0.717, 1.165) is 23.4 Å². The monoisotopic (exact) mass is 332 g/mol. The average molecular weight is 332 g/mol. The van der Waals surface area contributed by atoms with Crippen LogP contribution in [0, 0.1) is 0 Å². The van der Waals surface area contributed by atoms with Crippen molar-refractivity contribution in [3.8, 4) is 11.1 Å². The summed E-state index contributed by atoms with van der Waals surface area (Å²) in [5, 5.41) is 10.5. The number of nitrogens with two attached hydrogens (primary N) is 1. The molecule has 23 heavy (non-hydrogen) atoms. The predicted octanol–water partition coefficient (Wildman–Crippen LogP) is -0.476. The van der Waals surface area contributed by atoms with Crippen LogP contribution in [0.2, 0.25) is 0 Å². The lowest BCUT2D eigenvalue weighted by molar-refractivity contribution is -0.726. The van der Waals surface area contributed by atoms with Crippen molar-refractivity contribution in [2.75, 3.05) is 24.6 Å². The van der Waals surface area contributed by atoms with Crippen LogP contribution >= 0.6 is 0 Å². The van der Waals surface area contributed by atoms with E-state index in [9.17, 15) is 4.21 Å². The highest BCUT2D eigenvalue weighted by molar-refractivity contribution is 7.85. The Morgan fingerprint density at radius 3 is 3.13 bits per heavy atom. The fraction of sp³-hybridized carbons (Fsp3) is 0.357. The van der Waals surface area contributed by atoms with Crippen molar-refractivity contribution in [2.24, 2.45) is 7.05 Å². The van der Waals surface area contributed by atoms with E-state index in [1.54, 1.807) is 16.8 Å². The molecule has 0 amide bonds. The van der Waals surface area contributed by atoms with Crippen LogP contribution in [0.5, 0.6) is 0 Å². The minimum Gasteiger partial charge on any atom is -0.384 e. The van der Waals surface area contributed by atoms with Crippen LogP contribution < -0.4 is 15.7 Å². The Kier molecular flexibility index (Phi) is 3.38. The maximum Gasteiger partial charge on any atom is 0.203 e. The lowest BCUT2D eigenvalue weighted by atomic mass is 10.2. The Balaban J connectivity index is 1.86. The first-order chi connectivity index (χ1) is 11.1. The Morgan fingerprint density at radius 1 is 1.52 bits per heavy atom. The molecule has 8 nitrogen and oxygen atoms in total. The third kappa shape index (κ3) is 2.41. The smallest absolute Gasteiger partial charge is 0.203 e. The van der Waals surface area contributed by atoms with Gasteiger partial charge in [0.25, 0.3) is 0 Å². The lowest BCUT2D eigenvalue weighted by Gasteiger charge is -2.22. The normalized spacial score (nSPS) is 21.8. The first kappa shape index (κ1) is 14.3. The molecule has 0 radical (unpaired) electrons. The van der Waals surface area contributed by atoms with Crippen molar-refractivity contribution in [1.82, 2.24) is 25.0 Å². The summed E-state index contributed by atoms with van der Waals surface area (Å²) in [5.74, 6) is 1.13. The number of aryl methyl sites for hydroxylation is 1. The molecule has 0 bridgehead atoms. The number of nitrogens with zero attached hydrogens (tertiary/aromatic N) is 4. The van der Waals surface area contributed by atoms with Gasteiger partial charge in [-0.25, -0.2) is 4.98 Å². The summed E-state index contributed by atoms with van der Waals surface area (Å²) in [6, 6.07) is 1.77. The summed E-state index contributed by atoms with van der Waals surface area (Å²) in [6.45, 7) is 1.43. The zero-order valence-electron chi connectivity index (χ0n) is 12.7. The Hall–Kier alpha value is -2.26. The summed E-state index contributed by atoms with van der Waals surface area (Å²) in [7, 11) is 0.980. The van der Waals surface area contributed by atoms with Crippen molar-refractivity contribution in [3.63, 3.8) is 0 Å². The number of H-pyrrole nitrogens is 1. The van der Waals surface area contributed by atoms with Gasteiger partial charge < -0.3 is 11.1 Å². The van der Waals surface area contributed by atoms with Crippen LogP contribution in [0.3, 0.4) is 0 Å². The number of hydrogen-bond donors (Lipinski definition) is 3. The van der Waals surface area contributed by atoms with Gasteiger partial charge in [-0.15, -0.1) is 4.68 Å². The molecule has 0 aromatic carbocycles. The van der Waals surface area contributed by atoms with Crippen LogP contribution in [-0.4, -0.2) is 42.7 Å². The van der Waals surface area contributed by atoms with Crippen LogP contribution in [0.1, 0.15) is 10.9 Å². The number of hydrogen-bond acceptors (Lipinski definition) is 5. The van der Waals surface area contributed by atoms with Gasteiger partial charge in [0.2, 0.25) is 6.20 Å². The first-order valence-electron chi connectivity index (χ1n) is 7.40. The van der Waals surface area contributed by atoms with E-state index in [2.05, 4.69) is 15.5 Å². The third-order valence-electron chi connectivity index (χ3n) is 4.04. The molecule has 4 N–H and O–H groups in total. The second kappa shape index (κ2) is 5.43. The van der Waals surface area contributed by atoms with Gasteiger partial charge in [-0.3, -0.25) is 4.21 Å². The van der Waals surface area contributed by atoms with Crippen molar-refractivity contribution in [2.45, 2.75) is 5.25 Å². The quantitative estimate of drug-likeness (QED) is 0.550. The Bertz CT molecular complexity index is 900. The summed E-state index contributed by atoms with van der Waals surface area (Å²) < 4.78 is 15.8. The number of nitrogens with one attached hydrogen (secondary N) is 2. The second-order valence-corrected chi connectivity index (χ2v) is 7.38. The van der Waals surface area contributed by atoms with Gasteiger partial charge in [0.1, 0.15) is 5.82 Å². The van der Waals surface area contributed by atoms with Gasteiger partial charge in [0.15, 0.2) is 12.7 Å². The molecule has 0 spiro atoms. The Morgan fingerprint density at radius 2 is 2.39 bits per heavy atom. The Labute approximate surface area is 135 Å². The van der Waals surface area contributed by atoms with Gasteiger partial charge in [-0.2, -0.15) is 14.7 Å². The van der Waals surface area contributed by atoms with Crippen molar-refractivity contribution in [1.29, 1.82) is 0 Å². The molecule has 2 unspecified atom stereocenters. The molecule has 1 fully saturated rings. The SMILES string of the molecule is C[n+]1cc(-c2cnn3c(N)cc(C4CNCCS4=O)nc23)c[nH]1.